The zero-order valence-corrected chi connectivity index (χ0v) is 19.5. The summed E-state index contributed by atoms with van der Waals surface area (Å²) in [6, 6.07) is 26.6. The molecule has 1 aromatic heterocycles. The van der Waals surface area contributed by atoms with Gasteiger partial charge in [0.15, 0.2) is 5.78 Å². The number of thioether (sulfide) groups is 1. The summed E-state index contributed by atoms with van der Waals surface area (Å²) in [5.41, 5.74) is 2.96. The number of benzene rings is 3. The highest BCUT2D eigenvalue weighted by molar-refractivity contribution is 8.00. The second-order valence-electron chi connectivity index (χ2n) is 8.31. The predicted octanol–water partition coefficient (Wildman–Crippen LogP) is 5.82. The minimum absolute atomic E-state index is 0.0478. The number of amides is 1. The molecule has 34 heavy (non-hydrogen) atoms. The second-order valence-corrected chi connectivity index (χ2v) is 9.38. The van der Waals surface area contributed by atoms with Gasteiger partial charge >= 0.3 is 0 Å². The maximum Gasteiger partial charge on any atom is 0.242 e. The van der Waals surface area contributed by atoms with Gasteiger partial charge in [0, 0.05) is 17.2 Å². The number of carbonyl (C=O) groups is 2. The van der Waals surface area contributed by atoms with Gasteiger partial charge in [0.05, 0.1) is 5.69 Å². The third-order valence-corrected chi connectivity index (χ3v) is 6.76. The minimum Gasteiger partial charge on any atom is -0.325 e. The Balaban J connectivity index is 1.45. The molecule has 1 heterocycles. The van der Waals surface area contributed by atoms with Crippen molar-refractivity contribution >= 4 is 29.1 Å². The SMILES string of the molecule is CC(=O)c1cccc(NC(=O)[C@@H](Sc2nc(C3CC3)n(-c3ccccc3)n2)c2ccccc2)c1. The molecule has 0 aliphatic heterocycles. The van der Waals surface area contributed by atoms with Crippen LogP contribution in [0.2, 0.25) is 0 Å². The molecule has 1 aliphatic rings. The number of aromatic nitrogens is 3. The maximum absolute atomic E-state index is 13.4. The lowest BCUT2D eigenvalue weighted by Gasteiger charge is -2.16. The molecule has 3 aromatic carbocycles. The maximum atomic E-state index is 13.4. The van der Waals surface area contributed by atoms with Gasteiger partial charge in [-0.05, 0) is 49.6 Å². The number of Topliss-reactive ketones (excluding diaryl/α,β-unsaturated/α-hetero) is 1. The molecule has 0 spiro atoms. The molecule has 1 N–H and O–H groups in total. The Kier molecular flexibility index (Phi) is 6.27. The van der Waals surface area contributed by atoms with Crippen molar-refractivity contribution in [2.24, 2.45) is 0 Å². The fraction of sp³-hybridized carbons (Fsp3) is 0.185. The van der Waals surface area contributed by atoms with Crippen molar-refractivity contribution in [3.63, 3.8) is 0 Å². The molecule has 6 nitrogen and oxygen atoms in total. The van der Waals surface area contributed by atoms with E-state index in [9.17, 15) is 9.59 Å². The van der Waals surface area contributed by atoms with Crippen LogP contribution in [0.5, 0.6) is 0 Å². The van der Waals surface area contributed by atoms with E-state index in [1.54, 1.807) is 24.3 Å². The lowest BCUT2D eigenvalue weighted by molar-refractivity contribution is -0.115. The first-order valence-corrected chi connectivity index (χ1v) is 12.1. The van der Waals surface area contributed by atoms with Crippen LogP contribution in [0.15, 0.2) is 90.1 Å². The van der Waals surface area contributed by atoms with Crippen LogP contribution in [0.1, 0.15) is 52.7 Å². The summed E-state index contributed by atoms with van der Waals surface area (Å²) in [6.07, 6.45) is 2.20. The van der Waals surface area contributed by atoms with Gasteiger partial charge in [-0.2, -0.15) is 0 Å². The average molecular weight is 469 g/mol. The molecular weight excluding hydrogens is 444 g/mol. The van der Waals surface area contributed by atoms with Crippen molar-refractivity contribution in [3.05, 3.63) is 102 Å². The van der Waals surface area contributed by atoms with Gasteiger partial charge in [0.2, 0.25) is 11.1 Å². The quantitative estimate of drug-likeness (QED) is 0.260. The van der Waals surface area contributed by atoms with Crippen LogP contribution in [-0.4, -0.2) is 26.5 Å². The van der Waals surface area contributed by atoms with Crippen molar-refractivity contribution in [2.75, 3.05) is 5.32 Å². The number of anilines is 1. The Labute approximate surface area is 202 Å². The zero-order chi connectivity index (χ0) is 23.5. The van der Waals surface area contributed by atoms with Gasteiger partial charge in [-0.25, -0.2) is 9.67 Å². The number of nitrogens with zero attached hydrogens (tertiary/aromatic N) is 3. The summed E-state index contributed by atoms with van der Waals surface area (Å²) in [6.45, 7) is 1.51. The Bertz CT molecular complexity index is 1320. The van der Waals surface area contributed by atoms with Crippen LogP contribution < -0.4 is 5.32 Å². The van der Waals surface area contributed by atoms with E-state index < -0.39 is 5.25 Å². The summed E-state index contributed by atoms with van der Waals surface area (Å²) in [5.74, 6) is 1.10. The molecule has 0 radical (unpaired) electrons. The molecule has 1 saturated carbocycles. The number of ketones is 1. The Morgan fingerprint density at radius 3 is 2.35 bits per heavy atom. The molecule has 0 bridgehead atoms. The smallest absolute Gasteiger partial charge is 0.242 e. The number of carbonyl (C=O) groups excluding carboxylic acids is 2. The number of para-hydroxylation sites is 1. The molecule has 1 aliphatic carbocycles. The number of rotatable bonds is 8. The van der Waals surface area contributed by atoms with Crippen molar-refractivity contribution in [3.8, 4) is 5.69 Å². The number of nitrogens with one attached hydrogen (secondary N) is 1. The van der Waals surface area contributed by atoms with E-state index in [0.29, 0.717) is 22.3 Å². The molecule has 1 fully saturated rings. The molecule has 1 atom stereocenters. The van der Waals surface area contributed by atoms with Crippen LogP contribution in [-0.2, 0) is 4.79 Å². The molecule has 1 amide bonds. The van der Waals surface area contributed by atoms with Gasteiger partial charge in [-0.3, -0.25) is 9.59 Å². The number of hydrogen-bond donors (Lipinski definition) is 1. The highest BCUT2D eigenvalue weighted by atomic mass is 32.2. The van der Waals surface area contributed by atoms with Crippen LogP contribution in [0, 0.1) is 0 Å². The van der Waals surface area contributed by atoms with Gasteiger partial charge in [-0.15, -0.1) is 5.10 Å². The third-order valence-electron chi connectivity index (χ3n) is 5.66. The lowest BCUT2D eigenvalue weighted by atomic mass is 10.1. The van der Waals surface area contributed by atoms with E-state index in [4.69, 9.17) is 10.1 Å². The van der Waals surface area contributed by atoms with E-state index in [1.807, 2.05) is 65.3 Å². The van der Waals surface area contributed by atoms with Gasteiger partial charge in [0.25, 0.3) is 0 Å². The first-order chi connectivity index (χ1) is 16.6. The van der Waals surface area contributed by atoms with Gasteiger partial charge in [-0.1, -0.05) is 72.4 Å². The van der Waals surface area contributed by atoms with E-state index in [1.165, 1.54) is 18.7 Å². The number of hydrogen-bond acceptors (Lipinski definition) is 5. The lowest BCUT2D eigenvalue weighted by Crippen LogP contribution is -2.19. The Morgan fingerprint density at radius 1 is 0.971 bits per heavy atom. The van der Waals surface area contributed by atoms with E-state index in [2.05, 4.69) is 5.32 Å². The molecule has 4 aromatic rings. The summed E-state index contributed by atoms with van der Waals surface area (Å²) < 4.78 is 1.90. The molecule has 0 unspecified atom stereocenters. The summed E-state index contributed by atoms with van der Waals surface area (Å²) >= 11 is 1.33. The van der Waals surface area contributed by atoms with Crippen LogP contribution in [0.25, 0.3) is 5.69 Å². The Hall–Kier alpha value is -3.71. The Morgan fingerprint density at radius 2 is 1.68 bits per heavy atom. The van der Waals surface area contributed by atoms with Crippen molar-refractivity contribution in [1.82, 2.24) is 14.8 Å². The topological polar surface area (TPSA) is 76.9 Å². The fourth-order valence-electron chi connectivity index (χ4n) is 3.75. The first kappa shape index (κ1) is 22.1. The van der Waals surface area contributed by atoms with Gasteiger partial charge < -0.3 is 5.32 Å². The standard InChI is InChI=1S/C27H24N4O2S/c1-18(32)21-11-8-12-22(17-21)28-26(33)24(19-9-4-2-5-10-19)34-27-29-25(20-15-16-20)31(30-27)23-13-6-3-7-14-23/h2-14,17,20,24H,15-16H2,1H3,(H,28,33)/t24-/m0/s1. The minimum atomic E-state index is -0.555. The van der Waals surface area contributed by atoms with Crippen molar-refractivity contribution < 1.29 is 9.59 Å². The fourth-order valence-corrected chi connectivity index (χ4v) is 4.69. The molecular formula is C27H24N4O2S. The van der Waals surface area contributed by atoms with Crippen molar-refractivity contribution in [1.29, 1.82) is 0 Å². The summed E-state index contributed by atoms with van der Waals surface area (Å²) in [7, 11) is 0. The highest BCUT2D eigenvalue weighted by Crippen LogP contribution is 2.42. The molecule has 170 valence electrons. The molecule has 7 heteroatoms. The highest BCUT2D eigenvalue weighted by Gasteiger charge is 2.32. The van der Waals surface area contributed by atoms with E-state index in [0.717, 1.165) is 29.9 Å². The first-order valence-electron chi connectivity index (χ1n) is 11.2. The van der Waals surface area contributed by atoms with Crippen molar-refractivity contribution in [2.45, 2.75) is 36.1 Å². The predicted molar refractivity (Wildman–Crippen MR) is 133 cm³/mol. The monoisotopic (exact) mass is 468 g/mol. The van der Waals surface area contributed by atoms with Crippen LogP contribution in [0.3, 0.4) is 0 Å². The zero-order valence-electron chi connectivity index (χ0n) is 18.7. The van der Waals surface area contributed by atoms with E-state index in [-0.39, 0.29) is 11.7 Å². The average Bonchev–Trinajstić information content (AvgIpc) is 3.63. The largest absolute Gasteiger partial charge is 0.325 e. The summed E-state index contributed by atoms with van der Waals surface area (Å²) in [5, 5.41) is 7.76. The third kappa shape index (κ3) is 4.94. The summed E-state index contributed by atoms with van der Waals surface area (Å²) in [4.78, 5) is 30.0. The van der Waals surface area contributed by atoms with Gasteiger partial charge in [0.1, 0.15) is 11.1 Å². The second kappa shape index (κ2) is 9.65. The van der Waals surface area contributed by atoms with Crippen LogP contribution in [0.4, 0.5) is 5.69 Å². The van der Waals surface area contributed by atoms with Crippen LogP contribution >= 0.6 is 11.8 Å². The van der Waals surface area contributed by atoms with E-state index >= 15 is 0 Å². The molecule has 0 saturated heterocycles. The molecule has 5 rings (SSSR count). The normalized spacial score (nSPS) is 13.9.